The van der Waals surface area contributed by atoms with Gasteiger partial charge >= 0.3 is 0 Å². The van der Waals surface area contributed by atoms with Crippen molar-refractivity contribution in [3.8, 4) is 5.69 Å². The highest BCUT2D eigenvalue weighted by atomic mass is 32.2. The smallest absolute Gasteiger partial charge is 0.0741 e. The Bertz CT molecular complexity index is 1120. The molecule has 3 nitrogen and oxygen atoms in total. The van der Waals surface area contributed by atoms with Gasteiger partial charge in [-0.15, -0.1) is 0 Å². The van der Waals surface area contributed by atoms with Crippen molar-refractivity contribution >= 4 is 22.9 Å². The van der Waals surface area contributed by atoms with Crippen molar-refractivity contribution in [1.29, 1.82) is 0 Å². The van der Waals surface area contributed by atoms with Gasteiger partial charge in [-0.1, -0.05) is 86.8 Å². The van der Waals surface area contributed by atoms with Gasteiger partial charge in [0.05, 0.1) is 17.4 Å². The summed E-state index contributed by atoms with van der Waals surface area (Å²) < 4.78 is 5.60. The summed E-state index contributed by atoms with van der Waals surface area (Å²) in [6, 6.07) is 26.2. The maximum absolute atomic E-state index is 4.68. The second-order valence-electron chi connectivity index (χ2n) is 8.59. The molecule has 0 aliphatic carbocycles. The van der Waals surface area contributed by atoms with Crippen LogP contribution in [-0.2, 0) is 0 Å². The first-order chi connectivity index (χ1) is 15.0. The van der Waals surface area contributed by atoms with Gasteiger partial charge in [0.2, 0.25) is 0 Å². The Kier molecular flexibility index (Phi) is 6.79. The summed E-state index contributed by atoms with van der Waals surface area (Å²) in [7, 11) is 0. The fourth-order valence-electron chi connectivity index (χ4n) is 4.11. The molecule has 0 saturated carbocycles. The number of hydrogen-bond donors (Lipinski definition) is 1. The Hall–Kier alpha value is -2.56. The van der Waals surface area contributed by atoms with E-state index in [1.165, 1.54) is 22.1 Å². The number of rotatable bonds is 8. The molecule has 3 aromatic carbocycles. The van der Waals surface area contributed by atoms with Crippen LogP contribution in [0.3, 0.4) is 0 Å². The van der Waals surface area contributed by atoms with Crippen LogP contribution in [0.5, 0.6) is 0 Å². The van der Waals surface area contributed by atoms with E-state index in [0.29, 0.717) is 17.1 Å². The van der Waals surface area contributed by atoms with Gasteiger partial charge in [-0.3, -0.25) is 4.72 Å². The molecule has 1 aromatic heterocycles. The van der Waals surface area contributed by atoms with Gasteiger partial charge in [-0.05, 0) is 48.2 Å². The highest BCUT2D eigenvalue weighted by Gasteiger charge is 2.22. The average molecular weight is 430 g/mol. The molecular formula is C27H31N3S. The number of hydrogen-bond acceptors (Lipinski definition) is 3. The summed E-state index contributed by atoms with van der Waals surface area (Å²) in [5, 5.41) is 6.44. The second-order valence-corrected chi connectivity index (χ2v) is 10.1. The van der Waals surface area contributed by atoms with Crippen LogP contribution < -0.4 is 4.72 Å². The van der Waals surface area contributed by atoms with E-state index in [9.17, 15) is 0 Å². The summed E-state index contributed by atoms with van der Waals surface area (Å²) in [6.07, 6.45) is 1.98. The zero-order chi connectivity index (χ0) is 21.8. The van der Waals surface area contributed by atoms with Gasteiger partial charge in [-0.2, -0.15) is 5.10 Å². The Morgan fingerprint density at radius 2 is 1.65 bits per heavy atom. The third kappa shape index (κ3) is 5.03. The normalized spacial score (nSPS) is 13.6. The average Bonchev–Trinajstić information content (AvgIpc) is 3.18. The largest absolute Gasteiger partial charge is 0.264 e. The molecule has 0 amide bonds. The second kappa shape index (κ2) is 9.71. The Balaban J connectivity index is 1.68. The molecule has 0 spiro atoms. The number of benzene rings is 3. The van der Waals surface area contributed by atoms with E-state index < -0.39 is 0 Å². The Labute approximate surface area is 190 Å². The molecule has 31 heavy (non-hydrogen) atoms. The van der Waals surface area contributed by atoms with Crippen LogP contribution in [-0.4, -0.2) is 21.6 Å². The van der Waals surface area contributed by atoms with E-state index in [4.69, 9.17) is 0 Å². The van der Waals surface area contributed by atoms with E-state index in [1.807, 2.05) is 22.8 Å². The molecule has 0 aliphatic heterocycles. The molecule has 2 atom stereocenters. The molecule has 0 saturated heterocycles. The van der Waals surface area contributed by atoms with Crippen molar-refractivity contribution in [1.82, 2.24) is 14.5 Å². The fraction of sp³-hybridized carbons (Fsp3) is 0.296. The lowest BCUT2D eigenvalue weighted by Gasteiger charge is -2.26. The van der Waals surface area contributed by atoms with Gasteiger partial charge < -0.3 is 0 Å². The molecular weight excluding hydrogens is 398 g/mol. The maximum Gasteiger partial charge on any atom is 0.0741 e. The third-order valence-corrected chi connectivity index (χ3v) is 6.49. The van der Waals surface area contributed by atoms with Crippen molar-refractivity contribution in [3.05, 3.63) is 95.7 Å². The van der Waals surface area contributed by atoms with Gasteiger partial charge in [-0.25, -0.2) is 4.68 Å². The number of fused-ring (bicyclic) bond motifs is 1. The van der Waals surface area contributed by atoms with Crippen LogP contribution in [0.15, 0.2) is 79.0 Å². The highest BCUT2D eigenvalue weighted by Crippen LogP contribution is 2.34. The van der Waals surface area contributed by atoms with E-state index >= 15 is 0 Å². The lowest BCUT2D eigenvalue weighted by molar-refractivity contribution is 0.510. The topological polar surface area (TPSA) is 29.9 Å². The standard InChI is InChI=1S/C27H31N3S/c1-19(2)31-29-17-21(4)27(22-8-6-5-7-9-22)23-12-15-26-24(16-23)18-28-30(26)25-13-10-20(3)11-14-25/h5-16,18-19,21,27,29H,17H2,1-4H3. The molecule has 4 aromatic rings. The van der Waals surface area contributed by atoms with Crippen LogP contribution in [0.1, 0.15) is 43.4 Å². The lowest BCUT2D eigenvalue weighted by Crippen LogP contribution is -2.23. The monoisotopic (exact) mass is 429 g/mol. The molecule has 0 radical (unpaired) electrons. The summed E-state index contributed by atoms with van der Waals surface area (Å²) in [4.78, 5) is 0. The summed E-state index contributed by atoms with van der Waals surface area (Å²) in [5.41, 5.74) is 6.19. The molecule has 0 fully saturated rings. The molecule has 2 unspecified atom stereocenters. The molecule has 4 rings (SSSR count). The number of aryl methyl sites for hydroxylation is 1. The number of aromatic nitrogens is 2. The minimum Gasteiger partial charge on any atom is -0.264 e. The fourth-order valence-corrected chi connectivity index (χ4v) is 4.80. The van der Waals surface area contributed by atoms with Crippen LogP contribution >= 0.6 is 11.9 Å². The molecule has 160 valence electrons. The maximum atomic E-state index is 4.68. The van der Waals surface area contributed by atoms with Crippen molar-refractivity contribution in [2.45, 2.75) is 38.9 Å². The first-order valence-corrected chi connectivity index (χ1v) is 11.9. The Morgan fingerprint density at radius 1 is 0.903 bits per heavy atom. The quantitative estimate of drug-likeness (QED) is 0.314. The first kappa shape index (κ1) is 21.7. The number of nitrogens with one attached hydrogen (secondary N) is 1. The first-order valence-electron chi connectivity index (χ1n) is 11.0. The van der Waals surface area contributed by atoms with Crippen LogP contribution in [0.2, 0.25) is 0 Å². The molecule has 0 bridgehead atoms. The van der Waals surface area contributed by atoms with Gasteiger partial charge in [0.15, 0.2) is 0 Å². The summed E-state index contributed by atoms with van der Waals surface area (Å²) in [5.74, 6) is 0.784. The van der Waals surface area contributed by atoms with Crippen molar-refractivity contribution < 1.29 is 0 Å². The predicted molar refractivity (Wildman–Crippen MR) is 134 cm³/mol. The van der Waals surface area contributed by atoms with Crippen LogP contribution in [0.4, 0.5) is 0 Å². The zero-order valence-electron chi connectivity index (χ0n) is 18.7. The lowest BCUT2D eigenvalue weighted by atomic mass is 9.81. The number of nitrogens with zero attached hydrogens (tertiary/aromatic N) is 2. The minimum absolute atomic E-state index is 0.327. The molecule has 0 aliphatic rings. The molecule has 4 heteroatoms. The van der Waals surface area contributed by atoms with E-state index in [2.05, 4.69) is 110 Å². The van der Waals surface area contributed by atoms with Crippen molar-refractivity contribution in [2.75, 3.05) is 6.54 Å². The molecule has 1 heterocycles. The summed E-state index contributed by atoms with van der Waals surface area (Å²) in [6.45, 7) is 9.85. The third-order valence-electron chi connectivity index (χ3n) is 5.68. The zero-order valence-corrected chi connectivity index (χ0v) is 19.6. The highest BCUT2D eigenvalue weighted by molar-refractivity contribution is 7.97. The van der Waals surface area contributed by atoms with Gasteiger partial charge in [0.25, 0.3) is 0 Å². The predicted octanol–water partition coefficient (Wildman–Crippen LogP) is 6.75. The molecule has 1 N–H and O–H groups in total. The van der Waals surface area contributed by atoms with Gasteiger partial charge in [0.1, 0.15) is 0 Å². The SMILES string of the molecule is Cc1ccc(-n2ncc3cc(C(c4ccccc4)C(C)CNSC(C)C)ccc32)cc1. The minimum atomic E-state index is 0.327. The van der Waals surface area contributed by atoms with Crippen molar-refractivity contribution in [2.24, 2.45) is 5.92 Å². The van der Waals surface area contributed by atoms with Crippen molar-refractivity contribution in [3.63, 3.8) is 0 Å². The van der Waals surface area contributed by atoms with E-state index in [-0.39, 0.29) is 0 Å². The van der Waals surface area contributed by atoms with E-state index in [1.54, 1.807) is 0 Å². The van der Waals surface area contributed by atoms with Crippen LogP contribution in [0, 0.1) is 12.8 Å². The Morgan fingerprint density at radius 3 is 2.35 bits per heavy atom. The van der Waals surface area contributed by atoms with Gasteiger partial charge in [0, 0.05) is 23.1 Å². The summed E-state index contributed by atoms with van der Waals surface area (Å²) >= 11 is 1.81. The van der Waals surface area contributed by atoms with Crippen LogP contribution in [0.25, 0.3) is 16.6 Å². The van der Waals surface area contributed by atoms with E-state index in [0.717, 1.165) is 17.7 Å².